The zero-order valence-corrected chi connectivity index (χ0v) is 11.8. The van der Waals surface area contributed by atoms with Gasteiger partial charge in [0.05, 0.1) is 6.54 Å². The van der Waals surface area contributed by atoms with Crippen molar-refractivity contribution in [3.05, 3.63) is 53.0 Å². The van der Waals surface area contributed by atoms with Crippen molar-refractivity contribution in [1.29, 1.82) is 0 Å². The van der Waals surface area contributed by atoms with E-state index in [4.69, 9.17) is 9.15 Å². The van der Waals surface area contributed by atoms with Gasteiger partial charge in [0, 0.05) is 0 Å². The van der Waals surface area contributed by atoms with Crippen LogP contribution in [0.2, 0.25) is 0 Å². The molecule has 0 aliphatic heterocycles. The van der Waals surface area contributed by atoms with Crippen LogP contribution in [-0.4, -0.2) is 6.54 Å². The molecule has 0 amide bonds. The monoisotopic (exact) mass is 259 g/mol. The third-order valence-electron chi connectivity index (χ3n) is 2.98. The summed E-state index contributed by atoms with van der Waals surface area (Å²) in [5.41, 5.74) is 2.35. The van der Waals surface area contributed by atoms with Crippen LogP contribution in [0.3, 0.4) is 0 Å². The summed E-state index contributed by atoms with van der Waals surface area (Å²) in [5, 5.41) is 3.23. The van der Waals surface area contributed by atoms with Gasteiger partial charge in [0.15, 0.2) is 0 Å². The van der Waals surface area contributed by atoms with Crippen molar-refractivity contribution >= 4 is 0 Å². The Morgan fingerprint density at radius 1 is 1.11 bits per heavy atom. The number of hydrogen-bond acceptors (Lipinski definition) is 3. The third kappa shape index (κ3) is 3.86. The summed E-state index contributed by atoms with van der Waals surface area (Å²) in [7, 11) is 0. The molecule has 0 atom stereocenters. The van der Waals surface area contributed by atoms with Gasteiger partial charge >= 0.3 is 0 Å². The van der Waals surface area contributed by atoms with Crippen LogP contribution in [0.15, 0.2) is 34.7 Å². The number of rotatable bonds is 6. The standard InChI is InChI=1S/C16H21NO2/c1-4-17-10-14-7-8-15(19-14)11-18-16-9-12(2)5-6-13(16)3/h5-9,17H,4,10-11H2,1-3H3. The topological polar surface area (TPSA) is 34.4 Å². The average Bonchev–Trinajstić information content (AvgIpc) is 2.85. The number of hydrogen-bond donors (Lipinski definition) is 1. The first-order valence-electron chi connectivity index (χ1n) is 6.67. The molecule has 0 unspecified atom stereocenters. The smallest absolute Gasteiger partial charge is 0.146 e. The van der Waals surface area contributed by atoms with Gasteiger partial charge in [0.1, 0.15) is 23.9 Å². The molecule has 0 radical (unpaired) electrons. The Labute approximate surface area is 114 Å². The highest BCUT2D eigenvalue weighted by Gasteiger charge is 2.04. The zero-order valence-electron chi connectivity index (χ0n) is 11.8. The molecule has 19 heavy (non-hydrogen) atoms. The summed E-state index contributed by atoms with van der Waals surface area (Å²) < 4.78 is 11.5. The Morgan fingerprint density at radius 3 is 2.68 bits per heavy atom. The minimum absolute atomic E-state index is 0.469. The highest BCUT2D eigenvalue weighted by Crippen LogP contribution is 2.20. The third-order valence-corrected chi connectivity index (χ3v) is 2.98. The second-order valence-electron chi connectivity index (χ2n) is 4.71. The fourth-order valence-corrected chi connectivity index (χ4v) is 1.85. The summed E-state index contributed by atoms with van der Waals surface area (Å²) in [6.07, 6.45) is 0. The van der Waals surface area contributed by atoms with Crippen LogP contribution in [0.4, 0.5) is 0 Å². The summed E-state index contributed by atoms with van der Waals surface area (Å²) in [4.78, 5) is 0. The van der Waals surface area contributed by atoms with Crippen LogP contribution >= 0.6 is 0 Å². The van der Waals surface area contributed by atoms with Gasteiger partial charge in [-0.25, -0.2) is 0 Å². The molecule has 3 heteroatoms. The van der Waals surface area contributed by atoms with E-state index in [1.165, 1.54) is 5.56 Å². The van der Waals surface area contributed by atoms with Crippen LogP contribution < -0.4 is 10.1 Å². The Kier molecular flexibility index (Phi) is 4.63. The number of benzene rings is 1. The van der Waals surface area contributed by atoms with Crippen molar-refractivity contribution in [2.24, 2.45) is 0 Å². The SMILES string of the molecule is CCNCc1ccc(COc2cc(C)ccc2C)o1. The molecule has 0 bridgehead atoms. The number of ether oxygens (including phenoxy) is 1. The Balaban J connectivity index is 1.94. The fraction of sp³-hybridized carbons (Fsp3) is 0.375. The van der Waals surface area contributed by atoms with E-state index in [0.717, 1.165) is 35.9 Å². The predicted molar refractivity (Wildman–Crippen MR) is 76.3 cm³/mol. The average molecular weight is 259 g/mol. The van der Waals surface area contributed by atoms with E-state index in [9.17, 15) is 0 Å². The maximum atomic E-state index is 5.81. The molecule has 1 aromatic carbocycles. The lowest BCUT2D eigenvalue weighted by atomic mass is 10.1. The molecule has 1 aromatic heterocycles. The molecule has 1 heterocycles. The van der Waals surface area contributed by atoms with Crippen molar-refractivity contribution in [1.82, 2.24) is 5.32 Å². The minimum Gasteiger partial charge on any atom is -0.485 e. The highest BCUT2D eigenvalue weighted by molar-refractivity contribution is 5.36. The lowest BCUT2D eigenvalue weighted by Gasteiger charge is -2.08. The van der Waals surface area contributed by atoms with E-state index in [-0.39, 0.29) is 0 Å². The van der Waals surface area contributed by atoms with Crippen molar-refractivity contribution in [2.75, 3.05) is 6.54 Å². The molecule has 102 valence electrons. The van der Waals surface area contributed by atoms with Crippen LogP contribution in [0.25, 0.3) is 0 Å². The van der Waals surface area contributed by atoms with Gasteiger partial charge in [0.2, 0.25) is 0 Å². The largest absolute Gasteiger partial charge is 0.485 e. The molecular formula is C16H21NO2. The number of furan rings is 1. The minimum atomic E-state index is 0.469. The molecule has 0 fully saturated rings. The van der Waals surface area contributed by atoms with Crippen LogP contribution in [0, 0.1) is 13.8 Å². The maximum absolute atomic E-state index is 5.81. The van der Waals surface area contributed by atoms with Crippen molar-refractivity contribution < 1.29 is 9.15 Å². The van der Waals surface area contributed by atoms with Gasteiger partial charge in [-0.05, 0) is 49.7 Å². The second-order valence-corrected chi connectivity index (χ2v) is 4.71. The Morgan fingerprint density at radius 2 is 1.89 bits per heavy atom. The molecule has 0 aliphatic carbocycles. The Hall–Kier alpha value is -1.74. The predicted octanol–water partition coefficient (Wildman–Crippen LogP) is 3.58. The lowest BCUT2D eigenvalue weighted by Crippen LogP contribution is -2.10. The number of aryl methyl sites for hydroxylation is 2. The van der Waals surface area contributed by atoms with Gasteiger partial charge < -0.3 is 14.5 Å². The van der Waals surface area contributed by atoms with E-state index >= 15 is 0 Å². The molecule has 2 rings (SSSR count). The zero-order chi connectivity index (χ0) is 13.7. The van der Waals surface area contributed by atoms with Crippen LogP contribution in [0.1, 0.15) is 29.6 Å². The van der Waals surface area contributed by atoms with Gasteiger partial charge in [-0.3, -0.25) is 0 Å². The Bertz CT molecular complexity index is 531. The van der Waals surface area contributed by atoms with E-state index in [2.05, 4.69) is 37.4 Å². The first kappa shape index (κ1) is 13.7. The maximum Gasteiger partial charge on any atom is 0.146 e. The van der Waals surface area contributed by atoms with Gasteiger partial charge in [0.25, 0.3) is 0 Å². The van der Waals surface area contributed by atoms with Crippen LogP contribution in [-0.2, 0) is 13.2 Å². The molecule has 0 saturated carbocycles. The molecule has 1 N–H and O–H groups in total. The summed E-state index contributed by atoms with van der Waals surface area (Å²) in [6.45, 7) is 8.36. The molecule has 0 saturated heterocycles. The summed E-state index contributed by atoms with van der Waals surface area (Å²) in [6, 6.07) is 10.2. The first-order chi connectivity index (χ1) is 9.19. The molecule has 2 aromatic rings. The highest BCUT2D eigenvalue weighted by atomic mass is 16.5. The van der Waals surface area contributed by atoms with Crippen LogP contribution in [0.5, 0.6) is 5.75 Å². The lowest BCUT2D eigenvalue weighted by molar-refractivity contribution is 0.263. The fourth-order valence-electron chi connectivity index (χ4n) is 1.85. The van der Waals surface area contributed by atoms with E-state index in [1.807, 2.05) is 19.1 Å². The van der Waals surface area contributed by atoms with Gasteiger partial charge in [-0.2, -0.15) is 0 Å². The van der Waals surface area contributed by atoms with Gasteiger partial charge in [-0.1, -0.05) is 19.1 Å². The molecule has 0 aliphatic rings. The van der Waals surface area contributed by atoms with Crippen molar-refractivity contribution in [3.63, 3.8) is 0 Å². The molecule has 3 nitrogen and oxygen atoms in total. The van der Waals surface area contributed by atoms with E-state index in [1.54, 1.807) is 0 Å². The van der Waals surface area contributed by atoms with Crippen molar-refractivity contribution in [2.45, 2.75) is 33.9 Å². The van der Waals surface area contributed by atoms with Crippen molar-refractivity contribution in [3.8, 4) is 5.75 Å². The summed E-state index contributed by atoms with van der Waals surface area (Å²) >= 11 is 0. The summed E-state index contributed by atoms with van der Waals surface area (Å²) in [5.74, 6) is 2.72. The van der Waals surface area contributed by atoms with E-state index in [0.29, 0.717) is 6.61 Å². The molecule has 0 spiro atoms. The van der Waals surface area contributed by atoms with E-state index < -0.39 is 0 Å². The first-order valence-corrected chi connectivity index (χ1v) is 6.67. The quantitative estimate of drug-likeness (QED) is 0.861. The number of nitrogens with one attached hydrogen (secondary N) is 1. The normalized spacial score (nSPS) is 10.7. The molecular weight excluding hydrogens is 238 g/mol. The second kappa shape index (κ2) is 6.43. The van der Waals surface area contributed by atoms with Gasteiger partial charge in [-0.15, -0.1) is 0 Å².